The van der Waals surface area contributed by atoms with Gasteiger partial charge >= 0.3 is 0 Å². The lowest BCUT2D eigenvalue weighted by atomic mass is 10.1. The molecule has 2 aliphatic carbocycles. The molecule has 0 bridgehead atoms. The summed E-state index contributed by atoms with van der Waals surface area (Å²) < 4.78 is 28.5. The van der Waals surface area contributed by atoms with E-state index in [1.54, 1.807) is 0 Å². The highest BCUT2D eigenvalue weighted by molar-refractivity contribution is 5.75. The largest absolute Gasteiger partial charge is 0.298 e. The fraction of sp³-hybridized carbons (Fsp3) is 0.667. The van der Waals surface area contributed by atoms with Crippen molar-refractivity contribution in [3.05, 3.63) is 17.0 Å². The lowest BCUT2D eigenvalue weighted by molar-refractivity contribution is -0.117. The quantitative estimate of drug-likeness (QED) is 0.812. The number of hydrogen-bond acceptors (Lipinski definition) is 2. The summed E-state index contributed by atoms with van der Waals surface area (Å²) in [7, 11) is 0. The Kier molecular flexibility index (Phi) is 2.01. The van der Waals surface area contributed by atoms with Gasteiger partial charge in [0.1, 0.15) is 5.69 Å². The first-order valence-corrected chi connectivity index (χ1v) is 5.85. The highest BCUT2D eigenvalue weighted by Gasteiger charge is 2.52. The Hall–Kier alpha value is -1.26. The highest BCUT2D eigenvalue weighted by atomic mass is 19.3. The van der Waals surface area contributed by atoms with Gasteiger partial charge in [-0.3, -0.25) is 9.48 Å². The molecule has 0 aromatic carbocycles. The number of halogens is 2. The van der Waals surface area contributed by atoms with Gasteiger partial charge in [-0.1, -0.05) is 0 Å². The topological polar surface area (TPSA) is 34.9 Å². The first kappa shape index (κ1) is 10.9. The van der Waals surface area contributed by atoms with Crippen LogP contribution in [-0.2, 0) is 23.7 Å². The van der Waals surface area contributed by atoms with Crippen LogP contribution in [0.2, 0.25) is 0 Å². The molecule has 1 fully saturated rings. The van der Waals surface area contributed by atoms with Crippen molar-refractivity contribution in [3.8, 4) is 0 Å². The van der Waals surface area contributed by atoms with Crippen LogP contribution in [-0.4, -0.2) is 15.6 Å². The second kappa shape index (κ2) is 3.15. The van der Waals surface area contributed by atoms with Crippen molar-refractivity contribution in [2.45, 2.75) is 45.1 Å². The lowest BCUT2D eigenvalue weighted by Gasteiger charge is -2.08. The number of ketones is 1. The molecule has 1 heterocycles. The monoisotopic (exact) mass is 240 g/mol. The molecule has 3 nitrogen and oxygen atoms in total. The molecule has 0 N–H and O–H groups in total. The van der Waals surface area contributed by atoms with E-state index in [1.807, 2.05) is 0 Å². The molecule has 2 aliphatic rings. The molecule has 17 heavy (non-hydrogen) atoms. The number of alkyl halides is 2. The minimum Gasteiger partial charge on any atom is -0.298 e. The Labute approximate surface area is 97.8 Å². The second-order valence-electron chi connectivity index (χ2n) is 5.26. The fourth-order valence-corrected chi connectivity index (χ4v) is 2.86. The molecule has 1 saturated carbocycles. The maximum atomic E-state index is 13.5. The lowest BCUT2D eigenvalue weighted by Crippen LogP contribution is -2.14. The van der Waals surface area contributed by atoms with Gasteiger partial charge in [0.05, 0.1) is 6.54 Å². The van der Waals surface area contributed by atoms with E-state index in [4.69, 9.17) is 0 Å². The van der Waals surface area contributed by atoms with Crippen molar-refractivity contribution in [2.24, 2.45) is 5.92 Å². The Morgan fingerprint density at radius 2 is 2.29 bits per heavy atom. The van der Waals surface area contributed by atoms with Crippen LogP contribution in [0, 0.1) is 5.92 Å². The van der Waals surface area contributed by atoms with Crippen molar-refractivity contribution >= 4 is 5.78 Å². The third kappa shape index (κ3) is 1.59. The zero-order chi connectivity index (χ0) is 12.4. The van der Waals surface area contributed by atoms with Crippen molar-refractivity contribution in [1.29, 1.82) is 0 Å². The van der Waals surface area contributed by atoms with Crippen molar-refractivity contribution in [2.75, 3.05) is 0 Å². The second-order valence-corrected chi connectivity index (χ2v) is 5.26. The number of hydrogen-bond donors (Lipinski definition) is 0. The molecule has 0 aliphatic heterocycles. The maximum absolute atomic E-state index is 13.5. The number of Topliss-reactive ketones (excluding diaryl/α,β-unsaturated/α-hetero) is 1. The average molecular weight is 240 g/mol. The van der Waals surface area contributed by atoms with Crippen LogP contribution in [0.4, 0.5) is 8.78 Å². The van der Waals surface area contributed by atoms with Crippen LogP contribution in [0.25, 0.3) is 0 Å². The summed E-state index contributed by atoms with van der Waals surface area (Å²) in [5.41, 5.74) is 1.47. The summed E-state index contributed by atoms with van der Waals surface area (Å²) in [5, 5.41) is 3.97. The molecule has 0 spiro atoms. The predicted octanol–water partition coefficient (Wildman–Crippen LogP) is 2.24. The van der Waals surface area contributed by atoms with Crippen LogP contribution < -0.4 is 0 Å². The van der Waals surface area contributed by atoms with E-state index in [0.717, 1.165) is 31.0 Å². The summed E-state index contributed by atoms with van der Waals surface area (Å²) in [6, 6.07) is 0. The highest BCUT2D eigenvalue weighted by Crippen LogP contribution is 2.58. The number of aromatic nitrogens is 2. The Balaban J connectivity index is 2.08. The molecule has 5 heteroatoms. The SMILES string of the molecule is CC(=O)Cn1nc(C(C)(F)F)c2c1CC1CC21. The molecule has 0 amide bonds. The van der Waals surface area contributed by atoms with Crippen molar-refractivity contribution in [1.82, 2.24) is 9.78 Å². The molecule has 92 valence electrons. The molecule has 0 saturated heterocycles. The molecule has 2 unspecified atom stereocenters. The maximum Gasteiger partial charge on any atom is 0.289 e. The van der Waals surface area contributed by atoms with Gasteiger partial charge in [0.2, 0.25) is 0 Å². The van der Waals surface area contributed by atoms with Gasteiger partial charge in [-0.25, -0.2) is 0 Å². The van der Waals surface area contributed by atoms with Gasteiger partial charge in [0.25, 0.3) is 5.92 Å². The van der Waals surface area contributed by atoms with E-state index in [0.29, 0.717) is 5.92 Å². The van der Waals surface area contributed by atoms with E-state index < -0.39 is 5.92 Å². The number of carbonyl (C=O) groups excluding carboxylic acids is 1. The van der Waals surface area contributed by atoms with Gasteiger partial charge in [-0.15, -0.1) is 0 Å². The van der Waals surface area contributed by atoms with Gasteiger partial charge < -0.3 is 0 Å². The van der Waals surface area contributed by atoms with E-state index in [-0.39, 0.29) is 23.9 Å². The smallest absolute Gasteiger partial charge is 0.289 e. The van der Waals surface area contributed by atoms with Crippen molar-refractivity contribution < 1.29 is 13.6 Å². The number of rotatable bonds is 3. The molecule has 3 rings (SSSR count). The number of fused-ring (bicyclic) bond motifs is 3. The van der Waals surface area contributed by atoms with Gasteiger partial charge in [0, 0.05) is 18.2 Å². The molecule has 2 atom stereocenters. The number of carbonyl (C=O) groups is 1. The van der Waals surface area contributed by atoms with Gasteiger partial charge in [-0.05, 0) is 31.6 Å². The predicted molar refractivity (Wildman–Crippen MR) is 57.0 cm³/mol. The molecular formula is C12H14F2N2O. The Morgan fingerprint density at radius 1 is 1.59 bits per heavy atom. The Morgan fingerprint density at radius 3 is 2.88 bits per heavy atom. The zero-order valence-electron chi connectivity index (χ0n) is 9.83. The minimum atomic E-state index is -2.91. The van der Waals surface area contributed by atoms with Crippen molar-refractivity contribution in [3.63, 3.8) is 0 Å². The summed E-state index contributed by atoms with van der Waals surface area (Å²) in [6.07, 6.45) is 1.80. The van der Waals surface area contributed by atoms with E-state index in [2.05, 4.69) is 5.10 Å². The van der Waals surface area contributed by atoms with E-state index in [9.17, 15) is 13.6 Å². The summed E-state index contributed by atoms with van der Waals surface area (Å²) in [4.78, 5) is 11.1. The van der Waals surface area contributed by atoms with Gasteiger partial charge in [0.15, 0.2) is 5.78 Å². The van der Waals surface area contributed by atoms with Crippen LogP contribution in [0.1, 0.15) is 43.1 Å². The Bertz CT molecular complexity index is 501. The molecule has 0 radical (unpaired) electrons. The third-order valence-corrected chi connectivity index (χ3v) is 3.64. The van der Waals surface area contributed by atoms with Crippen LogP contribution in [0.3, 0.4) is 0 Å². The zero-order valence-corrected chi connectivity index (χ0v) is 9.83. The van der Waals surface area contributed by atoms with E-state index in [1.165, 1.54) is 11.6 Å². The average Bonchev–Trinajstić information content (AvgIpc) is 2.68. The molecule has 1 aromatic rings. The van der Waals surface area contributed by atoms with E-state index >= 15 is 0 Å². The van der Waals surface area contributed by atoms with Gasteiger partial charge in [-0.2, -0.15) is 13.9 Å². The number of nitrogens with zero attached hydrogens (tertiary/aromatic N) is 2. The van der Waals surface area contributed by atoms with Crippen LogP contribution in [0.15, 0.2) is 0 Å². The summed E-state index contributed by atoms with van der Waals surface area (Å²) in [5.74, 6) is -2.18. The fourth-order valence-electron chi connectivity index (χ4n) is 2.86. The van der Waals surface area contributed by atoms with Crippen LogP contribution in [0.5, 0.6) is 0 Å². The first-order chi connectivity index (χ1) is 7.88. The molecular weight excluding hydrogens is 226 g/mol. The third-order valence-electron chi connectivity index (χ3n) is 3.64. The summed E-state index contributed by atoms with van der Waals surface area (Å²) in [6.45, 7) is 2.44. The normalized spacial score (nSPS) is 25.6. The minimum absolute atomic E-state index is 0.0538. The first-order valence-electron chi connectivity index (χ1n) is 5.85. The summed E-state index contributed by atoms with van der Waals surface area (Å²) >= 11 is 0. The molecule has 1 aromatic heterocycles. The van der Waals surface area contributed by atoms with Crippen LogP contribution >= 0.6 is 0 Å². The standard InChI is InChI=1S/C12H14F2N2O/c1-6(17)5-16-9-4-7-3-8(7)10(9)11(15-16)12(2,13)14/h7-8H,3-5H2,1-2H3.